The molecule has 0 amide bonds. The highest BCUT2D eigenvalue weighted by molar-refractivity contribution is 5.81. The molecule has 6 rings (SSSR count). The first kappa shape index (κ1) is 32.6. The van der Waals surface area contributed by atoms with Crippen molar-refractivity contribution in [2.75, 3.05) is 26.6 Å². The lowest BCUT2D eigenvalue weighted by Gasteiger charge is -2.37. The lowest BCUT2D eigenvalue weighted by Crippen LogP contribution is -2.39. The van der Waals surface area contributed by atoms with Crippen LogP contribution in [0, 0.1) is 0 Å². The average Bonchev–Trinajstić information content (AvgIpc) is 3.73. The van der Waals surface area contributed by atoms with Gasteiger partial charge in [-0.25, -0.2) is 15.0 Å². The molecule has 0 aliphatic carbocycles. The number of hydrogen-bond donors (Lipinski definition) is 1. The van der Waals surface area contributed by atoms with Crippen LogP contribution in [0.4, 0.5) is 5.82 Å². The molecule has 248 valence electrons. The second-order valence-corrected chi connectivity index (χ2v) is 11.5. The van der Waals surface area contributed by atoms with Crippen LogP contribution in [-0.4, -0.2) is 64.3 Å². The topological polar surface area (TPSA) is 150 Å². The highest BCUT2D eigenvalue weighted by Gasteiger charge is 2.44. The Kier molecular flexibility index (Phi) is 9.65. The fraction of sp³-hybridized carbons (Fsp3) is 0.306. The molecule has 12 nitrogen and oxygen atoms in total. The summed E-state index contributed by atoms with van der Waals surface area (Å²) >= 11 is 0. The number of Topliss-reactive ketones (excluding diaryl/α,β-unsaturated/α-hetero) is 1. The summed E-state index contributed by atoms with van der Waals surface area (Å²) in [6, 6.07) is 25.3. The number of imidazole rings is 1. The van der Waals surface area contributed by atoms with Gasteiger partial charge < -0.3 is 34.2 Å². The van der Waals surface area contributed by atoms with Crippen molar-refractivity contribution in [2.45, 2.75) is 50.2 Å². The monoisotopic (exact) mass is 651 g/mol. The smallest absolute Gasteiger partial charge is 0.306 e. The van der Waals surface area contributed by atoms with Crippen LogP contribution in [0.25, 0.3) is 11.2 Å². The number of nitrogens with zero attached hydrogens (tertiary/aromatic N) is 4. The maximum atomic E-state index is 12.9. The molecule has 1 aliphatic rings. The van der Waals surface area contributed by atoms with Gasteiger partial charge in [0, 0.05) is 12.8 Å². The first-order valence-corrected chi connectivity index (χ1v) is 15.6. The Hall–Kier alpha value is -5.33. The molecule has 0 radical (unpaired) electrons. The van der Waals surface area contributed by atoms with E-state index >= 15 is 0 Å². The van der Waals surface area contributed by atoms with E-state index in [0.29, 0.717) is 29.1 Å². The summed E-state index contributed by atoms with van der Waals surface area (Å²) in [5.41, 5.74) is 8.42. The van der Waals surface area contributed by atoms with Crippen molar-refractivity contribution in [3.8, 4) is 11.5 Å². The SMILES string of the molecule is COc1ccc(C(OCC2OC(n3cnc4c(N)ncnc43)CC2OC(=O)CCC(C)=O)(c2ccccc2)c2ccc(OC)cc2)cc1. The summed E-state index contributed by atoms with van der Waals surface area (Å²) in [6.45, 7) is 1.47. The maximum absolute atomic E-state index is 12.9. The zero-order valence-electron chi connectivity index (χ0n) is 26.9. The molecule has 1 aliphatic heterocycles. The third-order valence-corrected chi connectivity index (χ3v) is 8.48. The van der Waals surface area contributed by atoms with Crippen LogP contribution in [0.2, 0.25) is 0 Å². The van der Waals surface area contributed by atoms with Crippen molar-refractivity contribution < 1.29 is 33.3 Å². The second kappa shape index (κ2) is 14.2. The number of benzene rings is 3. The molecule has 2 aromatic heterocycles. The van der Waals surface area contributed by atoms with Crippen LogP contribution in [0.1, 0.15) is 49.1 Å². The number of hydrogen-bond acceptors (Lipinski definition) is 11. The summed E-state index contributed by atoms with van der Waals surface area (Å²) in [5.74, 6) is 1.06. The third-order valence-electron chi connectivity index (χ3n) is 8.48. The number of carbonyl (C=O) groups excluding carboxylic acids is 2. The summed E-state index contributed by atoms with van der Waals surface area (Å²) in [7, 11) is 3.24. The van der Waals surface area contributed by atoms with Crippen molar-refractivity contribution >= 4 is 28.7 Å². The van der Waals surface area contributed by atoms with E-state index in [0.717, 1.165) is 16.7 Å². The molecular weight excluding hydrogens is 614 g/mol. The molecule has 0 saturated carbocycles. The number of aromatic nitrogens is 4. The van der Waals surface area contributed by atoms with Gasteiger partial charge in [-0.15, -0.1) is 0 Å². The van der Waals surface area contributed by atoms with Gasteiger partial charge in [-0.3, -0.25) is 9.36 Å². The van der Waals surface area contributed by atoms with Crippen molar-refractivity contribution in [1.29, 1.82) is 0 Å². The normalized spacial score (nSPS) is 17.7. The Labute approximate surface area is 277 Å². The molecule has 12 heteroatoms. The lowest BCUT2D eigenvalue weighted by atomic mass is 9.80. The minimum atomic E-state index is -1.12. The number of ether oxygens (including phenoxy) is 5. The number of nitrogens with two attached hydrogens (primary N) is 1. The van der Waals surface area contributed by atoms with Gasteiger partial charge in [-0.2, -0.15) is 0 Å². The fourth-order valence-corrected chi connectivity index (χ4v) is 6.01. The van der Waals surface area contributed by atoms with Gasteiger partial charge >= 0.3 is 5.97 Å². The molecule has 0 spiro atoms. The highest BCUT2D eigenvalue weighted by atomic mass is 16.6. The van der Waals surface area contributed by atoms with Crippen LogP contribution < -0.4 is 15.2 Å². The van der Waals surface area contributed by atoms with E-state index in [1.54, 1.807) is 25.1 Å². The number of fused-ring (bicyclic) bond motifs is 1. The molecule has 1 fully saturated rings. The summed E-state index contributed by atoms with van der Waals surface area (Å²) in [4.78, 5) is 37.3. The lowest BCUT2D eigenvalue weighted by molar-refractivity contribution is -0.156. The molecule has 48 heavy (non-hydrogen) atoms. The predicted molar refractivity (Wildman–Crippen MR) is 176 cm³/mol. The molecule has 3 atom stereocenters. The molecule has 3 aromatic carbocycles. The quantitative estimate of drug-likeness (QED) is 0.135. The summed E-state index contributed by atoms with van der Waals surface area (Å²) in [5, 5.41) is 0. The van der Waals surface area contributed by atoms with Gasteiger partial charge in [0.2, 0.25) is 0 Å². The first-order chi connectivity index (χ1) is 23.3. The molecule has 1 saturated heterocycles. The number of nitrogen functional groups attached to an aromatic ring is 1. The van der Waals surface area contributed by atoms with Crippen molar-refractivity contribution in [3.63, 3.8) is 0 Å². The van der Waals surface area contributed by atoms with E-state index in [1.807, 2.05) is 78.9 Å². The standard InChI is InChI=1S/C36H37N5O7/c1-23(42)9-18-32(43)48-29-19-31(41-22-40-33-34(37)38-21-39-35(33)41)47-30(29)20-46-36(24-7-5-4-6-8-24,25-10-14-27(44-2)15-11-25)26-12-16-28(45-3)17-13-26/h4-8,10-17,21-22,29-31H,9,18-20H2,1-3H3,(H2,37,38,39). The van der Waals surface area contributed by atoms with E-state index in [4.69, 9.17) is 29.4 Å². The number of methoxy groups -OCH3 is 2. The van der Waals surface area contributed by atoms with E-state index in [9.17, 15) is 9.59 Å². The summed E-state index contributed by atoms with van der Waals surface area (Å²) < 4.78 is 32.3. The Bertz CT molecular complexity index is 1810. The number of anilines is 1. The van der Waals surface area contributed by atoms with Crippen LogP contribution in [0.15, 0.2) is 91.5 Å². The van der Waals surface area contributed by atoms with E-state index < -0.39 is 30.0 Å². The number of carbonyl (C=O) groups is 2. The van der Waals surface area contributed by atoms with Gasteiger partial charge in [0.15, 0.2) is 11.5 Å². The Morgan fingerprint density at radius 1 is 0.875 bits per heavy atom. The third kappa shape index (κ3) is 6.57. The molecule has 3 unspecified atom stereocenters. The Morgan fingerprint density at radius 3 is 2.10 bits per heavy atom. The van der Waals surface area contributed by atoms with Crippen LogP contribution >= 0.6 is 0 Å². The minimum absolute atomic E-state index is 0.0257. The molecule has 0 bridgehead atoms. The minimum Gasteiger partial charge on any atom is -0.497 e. The summed E-state index contributed by atoms with van der Waals surface area (Å²) in [6.07, 6.45) is 1.29. The van der Waals surface area contributed by atoms with Crippen molar-refractivity contribution in [1.82, 2.24) is 19.5 Å². The highest BCUT2D eigenvalue weighted by Crippen LogP contribution is 2.43. The van der Waals surface area contributed by atoms with E-state index in [-0.39, 0.29) is 31.0 Å². The second-order valence-electron chi connectivity index (χ2n) is 11.5. The molecule has 3 heterocycles. The largest absolute Gasteiger partial charge is 0.497 e. The van der Waals surface area contributed by atoms with Crippen LogP contribution in [0.5, 0.6) is 11.5 Å². The zero-order chi connectivity index (χ0) is 33.7. The van der Waals surface area contributed by atoms with Crippen molar-refractivity contribution in [2.24, 2.45) is 0 Å². The van der Waals surface area contributed by atoms with Gasteiger partial charge in [0.25, 0.3) is 0 Å². The van der Waals surface area contributed by atoms with Crippen LogP contribution in [0.3, 0.4) is 0 Å². The first-order valence-electron chi connectivity index (χ1n) is 15.6. The van der Waals surface area contributed by atoms with Gasteiger partial charge in [0.1, 0.15) is 53.2 Å². The van der Waals surface area contributed by atoms with Gasteiger partial charge in [0.05, 0.1) is 33.6 Å². The molecular formula is C36H37N5O7. The Balaban J connectivity index is 1.39. The Morgan fingerprint density at radius 2 is 1.50 bits per heavy atom. The van der Waals surface area contributed by atoms with Gasteiger partial charge in [-0.05, 0) is 47.9 Å². The van der Waals surface area contributed by atoms with Crippen LogP contribution in [-0.2, 0) is 29.4 Å². The predicted octanol–water partition coefficient (Wildman–Crippen LogP) is 5.00. The fourth-order valence-electron chi connectivity index (χ4n) is 6.01. The number of esters is 1. The van der Waals surface area contributed by atoms with E-state index in [1.165, 1.54) is 13.3 Å². The zero-order valence-corrected chi connectivity index (χ0v) is 26.9. The molecule has 5 aromatic rings. The van der Waals surface area contributed by atoms with Gasteiger partial charge in [-0.1, -0.05) is 54.6 Å². The maximum Gasteiger partial charge on any atom is 0.306 e. The van der Waals surface area contributed by atoms with Crippen molar-refractivity contribution in [3.05, 3.63) is 108 Å². The van der Waals surface area contributed by atoms with E-state index in [2.05, 4.69) is 15.0 Å². The average molecular weight is 652 g/mol. The number of rotatable bonds is 13. The molecule has 2 N–H and O–H groups in total. The number of ketones is 1.